The average Bonchev–Trinajstić information content (AvgIpc) is 2.67. The molecule has 2 aromatic carbocycles. The van der Waals surface area contributed by atoms with Gasteiger partial charge in [0.15, 0.2) is 0 Å². The standard InChI is InChI=1S/C23H30N2O2S/c1-4-19-10-12-20(13-11-19)18(3)24-23(27)16-28-14-6-9-22(26)25-21-8-5-7-17(2)15-21/h5,7-8,10-13,15,18H,4,6,9,14,16H2,1-3H3,(H,24,27)(H,25,26)/t18-/m0/s1. The predicted octanol–water partition coefficient (Wildman–Crippen LogP) is 4.89. The second-order valence-electron chi connectivity index (χ2n) is 6.96. The molecule has 0 fully saturated rings. The van der Waals surface area contributed by atoms with Gasteiger partial charge in [0, 0.05) is 12.1 Å². The lowest BCUT2D eigenvalue weighted by atomic mass is 10.1. The van der Waals surface area contributed by atoms with Crippen LogP contribution in [0.15, 0.2) is 48.5 Å². The summed E-state index contributed by atoms with van der Waals surface area (Å²) in [5.41, 5.74) is 4.36. The van der Waals surface area contributed by atoms with E-state index in [1.807, 2.05) is 38.1 Å². The molecule has 0 spiro atoms. The highest BCUT2D eigenvalue weighted by atomic mass is 32.2. The minimum Gasteiger partial charge on any atom is -0.349 e. The molecule has 2 rings (SSSR count). The van der Waals surface area contributed by atoms with Crippen molar-refractivity contribution in [2.45, 2.75) is 46.1 Å². The lowest BCUT2D eigenvalue weighted by Crippen LogP contribution is -2.28. The van der Waals surface area contributed by atoms with Crippen LogP contribution in [0.3, 0.4) is 0 Å². The zero-order valence-electron chi connectivity index (χ0n) is 17.0. The van der Waals surface area contributed by atoms with Crippen molar-refractivity contribution < 1.29 is 9.59 Å². The van der Waals surface area contributed by atoms with E-state index in [1.54, 1.807) is 11.8 Å². The number of benzene rings is 2. The molecule has 0 aliphatic carbocycles. The molecule has 0 aliphatic rings. The molecule has 1 atom stereocenters. The minimum absolute atomic E-state index is 0.000821. The normalized spacial score (nSPS) is 11.7. The van der Waals surface area contributed by atoms with Gasteiger partial charge in [0.1, 0.15) is 0 Å². The fourth-order valence-electron chi connectivity index (χ4n) is 2.85. The SMILES string of the molecule is CCc1ccc([C@H](C)NC(=O)CSCCCC(=O)Nc2cccc(C)c2)cc1. The second kappa shape index (κ2) is 11.5. The fourth-order valence-corrected chi connectivity index (χ4v) is 3.62. The highest BCUT2D eigenvalue weighted by Gasteiger charge is 2.10. The Morgan fingerprint density at radius 3 is 2.50 bits per heavy atom. The maximum atomic E-state index is 12.1. The first-order chi connectivity index (χ1) is 13.5. The van der Waals surface area contributed by atoms with E-state index in [-0.39, 0.29) is 17.9 Å². The van der Waals surface area contributed by atoms with Crippen molar-refractivity contribution in [2.75, 3.05) is 16.8 Å². The Hall–Kier alpha value is -2.27. The quantitative estimate of drug-likeness (QED) is 0.561. The summed E-state index contributed by atoms with van der Waals surface area (Å²) >= 11 is 1.56. The van der Waals surface area contributed by atoms with Gasteiger partial charge < -0.3 is 10.6 Å². The number of hydrogen-bond acceptors (Lipinski definition) is 3. The summed E-state index contributed by atoms with van der Waals surface area (Å²) in [6, 6.07) is 16.1. The van der Waals surface area contributed by atoms with Crippen molar-refractivity contribution in [2.24, 2.45) is 0 Å². The predicted molar refractivity (Wildman–Crippen MR) is 119 cm³/mol. The van der Waals surface area contributed by atoms with Crippen molar-refractivity contribution in [1.82, 2.24) is 5.32 Å². The molecule has 5 heteroatoms. The molecule has 0 radical (unpaired) electrons. The van der Waals surface area contributed by atoms with Gasteiger partial charge in [-0.05, 0) is 61.3 Å². The van der Waals surface area contributed by atoms with Crippen LogP contribution in [-0.4, -0.2) is 23.3 Å². The maximum absolute atomic E-state index is 12.1. The highest BCUT2D eigenvalue weighted by molar-refractivity contribution is 7.99. The largest absolute Gasteiger partial charge is 0.349 e. The Morgan fingerprint density at radius 1 is 1.07 bits per heavy atom. The molecule has 150 valence electrons. The number of rotatable bonds is 10. The van der Waals surface area contributed by atoms with E-state index in [1.165, 1.54) is 5.56 Å². The summed E-state index contributed by atoms with van der Waals surface area (Å²) in [6.45, 7) is 6.13. The van der Waals surface area contributed by atoms with E-state index in [9.17, 15) is 9.59 Å². The Balaban J connectivity index is 1.60. The summed E-state index contributed by atoms with van der Waals surface area (Å²) in [7, 11) is 0. The number of nitrogens with one attached hydrogen (secondary N) is 2. The summed E-state index contributed by atoms with van der Waals surface area (Å²) in [5.74, 6) is 1.24. The fraction of sp³-hybridized carbons (Fsp3) is 0.391. The van der Waals surface area contributed by atoms with E-state index >= 15 is 0 Å². The first-order valence-electron chi connectivity index (χ1n) is 9.80. The Morgan fingerprint density at radius 2 is 1.82 bits per heavy atom. The molecule has 0 aromatic heterocycles. The monoisotopic (exact) mass is 398 g/mol. The molecule has 0 heterocycles. The maximum Gasteiger partial charge on any atom is 0.230 e. The van der Waals surface area contributed by atoms with Crippen LogP contribution < -0.4 is 10.6 Å². The van der Waals surface area contributed by atoms with Crippen LogP contribution >= 0.6 is 11.8 Å². The summed E-state index contributed by atoms with van der Waals surface area (Å²) in [6.07, 6.45) is 2.23. The molecule has 0 unspecified atom stereocenters. The van der Waals surface area contributed by atoms with Crippen molar-refractivity contribution in [3.05, 3.63) is 65.2 Å². The topological polar surface area (TPSA) is 58.2 Å². The van der Waals surface area contributed by atoms with Crippen LogP contribution in [0.4, 0.5) is 5.69 Å². The van der Waals surface area contributed by atoms with Crippen LogP contribution in [0.2, 0.25) is 0 Å². The lowest BCUT2D eigenvalue weighted by molar-refractivity contribution is -0.119. The van der Waals surface area contributed by atoms with Gasteiger partial charge in [-0.15, -0.1) is 0 Å². The molecule has 4 nitrogen and oxygen atoms in total. The van der Waals surface area contributed by atoms with Crippen LogP contribution in [0.25, 0.3) is 0 Å². The van der Waals surface area contributed by atoms with Gasteiger partial charge in [-0.25, -0.2) is 0 Å². The van der Waals surface area contributed by atoms with Gasteiger partial charge in [0.05, 0.1) is 11.8 Å². The van der Waals surface area contributed by atoms with Crippen LogP contribution in [0, 0.1) is 6.92 Å². The molecular formula is C23H30N2O2S. The van der Waals surface area contributed by atoms with Gasteiger partial charge in [0.2, 0.25) is 11.8 Å². The van der Waals surface area contributed by atoms with E-state index in [0.29, 0.717) is 12.2 Å². The summed E-state index contributed by atoms with van der Waals surface area (Å²) in [4.78, 5) is 24.1. The molecule has 0 aliphatic heterocycles. The number of thioether (sulfide) groups is 1. The summed E-state index contributed by atoms with van der Waals surface area (Å²) in [5, 5.41) is 5.94. The smallest absolute Gasteiger partial charge is 0.230 e. The second-order valence-corrected chi connectivity index (χ2v) is 8.06. The van der Waals surface area contributed by atoms with Crippen LogP contribution in [-0.2, 0) is 16.0 Å². The van der Waals surface area contributed by atoms with Gasteiger partial charge in [-0.2, -0.15) is 11.8 Å². The highest BCUT2D eigenvalue weighted by Crippen LogP contribution is 2.15. The Labute approximate surface area is 172 Å². The van der Waals surface area contributed by atoms with Gasteiger partial charge in [0.25, 0.3) is 0 Å². The number of aryl methyl sites for hydroxylation is 2. The Bertz CT molecular complexity index is 774. The molecular weight excluding hydrogens is 368 g/mol. The molecule has 2 aromatic rings. The average molecular weight is 399 g/mol. The van der Waals surface area contributed by atoms with E-state index in [4.69, 9.17) is 0 Å². The van der Waals surface area contributed by atoms with E-state index in [0.717, 1.165) is 35.4 Å². The minimum atomic E-state index is -0.000821. The molecule has 2 N–H and O–H groups in total. The number of carbonyl (C=O) groups is 2. The molecule has 0 bridgehead atoms. The van der Waals surface area contributed by atoms with Gasteiger partial charge in [-0.3, -0.25) is 9.59 Å². The van der Waals surface area contributed by atoms with Crippen molar-refractivity contribution >= 4 is 29.3 Å². The lowest BCUT2D eigenvalue weighted by Gasteiger charge is -2.14. The number of carbonyl (C=O) groups excluding carboxylic acids is 2. The van der Waals surface area contributed by atoms with E-state index < -0.39 is 0 Å². The third-order valence-corrected chi connectivity index (χ3v) is 5.54. The molecule has 2 amide bonds. The summed E-state index contributed by atoms with van der Waals surface area (Å²) < 4.78 is 0. The van der Waals surface area contributed by atoms with Crippen molar-refractivity contribution in [1.29, 1.82) is 0 Å². The molecule has 0 saturated carbocycles. The third-order valence-electron chi connectivity index (χ3n) is 4.49. The third kappa shape index (κ3) is 7.77. The number of hydrogen-bond donors (Lipinski definition) is 2. The van der Waals surface area contributed by atoms with Gasteiger partial charge in [-0.1, -0.05) is 43.3 Å². The Kier molecular flexibility index (Phi) is 9.08. The van der Waals surface area contributed by atoms with E-state index in [2.05, 4.69) is 41.8 Å². The zero-order chi connectivity index (χ0) is 20.4. The zero-order valence-corrected chi connectivity index (χ0v) is 17.8. The first-order valence-corrected chi connectivity index (χ1v) is 11.0. The first kappa shape index (κ1) is 22.0. The number of anilines is 1. The van der Waals surface area contributed by atoms with Crippen LogP contribution in [0.5, 0.6) is 0 Å². The number of amides is 2. The molecule has 0 saturated heterocycles. The van der Waals surface area contributed by atoms with Crippen LogP contribution in [0.1, 0.15) is 49.4 Å². The molecule has 28 heavy (non-hydrogen) atoms. The van der Waals surface area contributed by atoms with Crippen molar-refractivity contribution in [3.63, 3.8) is 0 Å². The van der Waals surface area contributed by atoms with Gasteiger partial charge >= 0.3 is 0 Å². The van der Waals surface area contributed by atoms with Crippen molar-refractivity contribution in [3.8, 4) is 0 Å².